The van der Waals surface area contributed by atoms with Crippen molar-refractivity contribution in [3.63, 3.8) is 0 Å². The fourth-order valence-corrected chi connectivity index (χ4v) is 3.42. The number of nitrogens with zero attached hydrogens (tertiary/aromatic N) is 3. The second-order valence-corrected chi connectivity index (χ2v) is 8.43. The summed E-state index contributed by atoms with van der Waals surface area (Å²) in [5.74, 6) is -1.26. The molecule has 0 aromatic rings. The minimum atomic E-state index is -0.827. The molecular formula is C19H32N4O6. The molecule has 10 nitrogen and oxygen atoms in total. The Morgan fingerprint density at radius 3 is 2.45 bits per heavy atom. The van der Waals surface area contributed by atoms with Crippen molar-refractivity contribution in [3.8, 4) is 0 Å². The Morgan fingerprint density at radius 1 is 1.21 bits per heavy atom. The molecule has 2 saturated heterocycles. The quantitative estimate of drug-likeness (QED) is 0.670. The van der Waals surface area contributed by atoms with Crippen LogP contribution in [-0.2, 0) is 23.9 Å². The zero-order chi connectivity index (χ0) is 21.9. The van der Waals surface area contributed by atoms with Gasteiger partial charge < -0.3 is 14.8 Å². The molecule has 3 amide bonds. The zero-order valence-corrected chi connectivity index (χ0v) is 18.1. The molecule has 0 unspecified atom stereocenters. The van der Waals surface area contributed by atoms with Crippen LogP contribution in [0.25, 0.3) is 0 Å². The number of fused-ring (bicyclic) bond motifs is 1. The van der Waals surface area contributed by atoms with Crippen LogP contribution in [0, 0.1) is 0 Å². The van der Waals surface area contributed by atoms with Gasteiger partial charge in [0, 0.05) is 20.1 Å². The van der Waals surface area contributed by atoms with Gasteiger partial charge >= 0.3 is 12.1 Å². The van der Waals surface area contributed by atoms with Crippen LogP contribution < -0.4 is 5.32 Å². The number of carbonyl (C=O) groups is 4. The van der Waals surface area contributed by atoms with Gasteiger partial charge in [0.15, 0.2) is 0 Å². The van der Waals surface area contributed by atoms with Crippen molar-refractivity contribution in [1.82, 2.24) is 20.2 Å². The van der Waals surface area contributed by atoms with Gasteiger partial charge in [0.25, 0.3) is 5.91 Å². The molecule has 0 bridgehead atoms. The summed E-state index contributed by atoms with van der Waals surface area (Å²) in [6, 6.07) is -2.27. The van der Waals surface area contributed by atoms with E-state index in [4.69, 9.17) is 9.47 Å². The van der Waals surface area contributed by atoms with E-state index in [9.17, 15) is 19.2 Å². The van der Waals surface area contributed by atoms with Crippen LogP contribution in [0.3, 0.4) is 0 Å². The number of hydrazine groups is 1. The highest BCUT2D eigenvalue weighted by atomic mass is 16.6. The monoisotopic (exact) mass is 412 g/mol. The first-order chi connectivity index (χ1) is 13.5. The van der Waals surface area contributed by atoms with Gasteiger partial charge in [-0.05, 0) is 47.0 Å². The van der Waals surface area contributed by atoms with E-state index < -0.39 is 41.7 Å². The van der Waals surface area contributed by atoms with Gasteiger partial charge in [0.1, 0.15) is 23.7 Å². The second kappa shape index (κ2) is 8.98. The number of carbonyl (C=O) groups excluding carboxylic acids is 4. The standard InChI is InChI=1S/C19H32N4O6/c1-12(21(5)18(27)29-19(2,3)4)15(24)20-13-8-7-10-22-11-9-14(17(26)28-6)23(22)16(13)25/h12-14H,7-11H2,1-6H3,(H,20,24)/t12-,13-,14-/m0/s1. The number of hydrogen-bond acceptors (Lipinski definition) is 7. The highest BCUT2D eigenvalue weighted by Crippen LogP contribution is 2.25. The molecule has 0 spiro atoms. The van der Waals surface area contributed by atoms with Gasteiger partial charge in [-0.25, -0.2) is 14.6 Å². The van der Waals surface area contributed by atoms with Crippen LogP contribution in [-0.4, -0.2) is 89.8 Å². The maximum atomic E-state index is 13.1. The number of methoxy groups -OCH3 is 1. The van der Waals surface area contributed by atoms with E-state index in [2.05, 4.69) is 5.32 Å². The molecule has 0 saturated carbocycles. The maximum absolute atomic E-state index is 13.1. The Labute approximate surface area is 171 Å². The number of esters is 1. The molecule has 2 aliphatic rings. The van der Waals surface area contributed by atoms with Gasteiger partial charge in [0.2, 0.25) is 5.91 Å². The number of amides is 3. The first-order valence-electron chi connectivity index (χ1n) is 9.88. The normalized spacial score (nSPS) is 23.7. The molecule has 29 heavy (non-hydrogen) atoms. The van der Waals surface area contributed by atoms with Crippen LogP contribution in [0.15, 0.2) is 0 Å². The number of rotatable bonds is 4. The minimum Gasteiger partial charge on any atom is -0.467 e. The largest absolute Gasteiger partial charge is 0.467 e. The van der Waals surface area contributed by atoms with Crippen LogP contribution in [0.1, 0.15) is 47.0 Å². The molecule has 0 aromatic carbocycles. The van der Waals surface area contributed by atoms with Gasteiger partial charge in [-0.3, -0.25) is 19.5 Å². The Bertz CT molecular complexity index is 662. The Hall–Kier alpha value is -2.36. The summed E-state index contributed by atoms with van der Waals surface area (Å²) in [5.41, 5.74) is -0.680. The summed E-state index contributed by atoms with van der Waals surface area (Å²) < 4.78 is 10.1. The van der Waals surface area contributed by atoms with Crippen molar-refractivity contribution in [2.45, 2.75) is 70.7 Å². The van der Waals surface area contributed by atoms with E-state index in [1.165, 1.54) is 24.1 Å². The number of nitrogens with one attached hydrogen (secondary N) is 1. The molecule has 0 aromatic heterocycles. The molecule has 2 aliphatic heterocycles. The van der Waals surface area contributed by atoms with Gasteiger partial charge in [-0.15, -0.1) is 0 Å². The highest BCUT2D eigenvalue weighted by Gasteiger charge is 2.44. The average Bonchev–Trinajstić information content (AvgIpc) is 3.00. The van der Waals surface area contributed by atoms with E-state index in [1.807, 2.05) is 5.01 Å². The van der Waals surface area contributed by atoms with E-state index in [1.54, 1.807) is 27.7 Å². The molecule has 2 rings (SSSR count). The first kappa shape index (κ1) is 22.9. The van der Waals surface area contributed by atoms with Gasteiger partial charge in [-0.1, -0.05) is 0 Å². The lowest BCUT2D eigenvalue weighted by Crippen LogP contribution is -2.57. The summed E-state index contributed by atoms with van der Waals surface area (Å²) in [6.07, 6.45) is 1.02. The Morgan fingerprint density at radius 2 is 1.86 bits per heavy atom. The van der Waals surface area contributed by atoms with Crippen molar-refractivity contribution >= 4 is 23.9 Å². The SMILES string of the molecule is COC(=O)[C@@H]1CCN2CCC[C@H](NC(=O)[C@H](C)N(C)C(=O)OC(C)(C)C)C(=O)N12. The third-order valence-corrected chi connectivity index (χ3v) is 5.13. The molecule has 2 heterocycles. The fourth-order valence-electron chi connectivity index (χ4n) is 3.42. The maximum Gasteiger partial charge on any atom is 0.410 e. The van der Waals surface area contributed by atoms with Crippen LogP contribution >= 0.6 is 0 Å². The Kier molecular flexibility index (Phi) is 7.10. The first-order valence-corrected chi connectivity index (χ1v) is 9.88. The fraction of sp³-hybridized carbons (Fsp3) is 0.789. The molecule has 0 radical (unpaired) electrons. The smallest absolute Gasteiger partial charge is 0.410 e. The lowest BCUT2D eigenvalue weighted by Gasteiger charge is -2.32. The summed E-state index contributed by atoms with van der Waals surface area (Å²) >= 11 is 0. The van der Waals surface area contributed by atoms with Crippen molar-refractivity contribution in [3.05, 3.63) is 0 Å². The van der Waals surface area contributed by atoms with Crippen molar-refractivity contribution in [1.29, 1.82) is 0 Å². The predicted molar refractivity (Wildman–Crippen MR) is 103 cm³/mol. The lowest BCUT2D eigenvalue weighted by molar-refractivity contribution is -0.162. The van der Waals surface area contributed by atoms with Crippen LogP contribution in [0.2, 0.25) is 0 Å². The highest BCUT2D eigenvalue weighted by molar-refractivity contribution is 5.93. The van der Waals surface area contributed by atoms with Crippen molar-refractivity contribution < 1.29 is 28.7 Å². The molecule has 1 N–H and O–H groups in total. The second-order valence-electron chi connectivity index (χ2n) is 8.43. The number of ether oxygens (including phenoxy) is 2. The average molecular weight is 412 g/mol. The summed E-state index contributed by atoms with van der Waals surface area (Å²) in [6.45, 7) is 8.01. The number of likely N-dealkylation sites (N-methyl/N-ethyl adjacent to an activating group) is 1. The molecule has 2 fully saturated rings. The summed E-state index contributed by atoms with van der Waals surface area (Å²) in [5, 5.41) is 6.00. The summed E-state index contributed by atoms with van der Waals surface area (Å²) in [7, 11) is 2.77. The third-order valence-electron chi connectivity index (χ3n) is 5.13. The van der Waals surface area contributed by atoms with Crippen molar-refractivity contribution in [2.75, 3.05) is 27.2 Å². The predicted octanol–water partition coefficient (Wildman–Crippen LogP) is 0.511. The number of hydrogen-bond donors (Lipinski definition) is 1. The summed E-state index contributed by atoms with van der Waals surface area (Å²) in [4.78, 5) is 51.2. The van der Waals surface area contributed by atoms with Crippen LogP contribution in [0.4, 0.5) is 4.79 Å². The molecular weight excluding hydrogens is 380 g/mol. The van der Waals surface area contributed by atoms with Crippen molar-refractivity contribution in [2.24, 2.45) is 0 Å². The minimum absolute atomic E-state index is 0.337. The van der Waals surface area contributed by atoms with E-state index in [-0.39, 0.29) is 5.91 Å². The van der Waals surface area contributed by atoms with E-state index >= 15 is 0 Å². The van der Waals surface area contributed by atoms with Gasteiger partial charge in [0.05, 0.1) is 7.11 Å². The Balaban J connectivity index is 2.06. The third kappa shape index (κ3) is 5.37. The van der Waals surface area contributed by atoms with Crippen LogP contribution in [0.5, 0.6) is 0 Å². The molecule has 10 heteroatoms. The molecule has 3 atom stereocenters. The lowest BCUT2D eigenvalue weighted by atomic mass is 10.1. The zero-order valence-electron chi connectivity index (χ0n) is 18.1. The molecule has 164 valence electrons. The van der Waals surface area contributed by atoms with E-state index in [0.717, 1.165) is 0 Å². The molecule has 0 aliphatic carbocycles. The van der Waals surface area contributed by atoms with Gasteiger partial charge in [-0.2, -0.15) is 0 Å². The topological polar surface area (TPSA) is 108 Å². The van der Waals surface area contributed by atoms with E-state index in [0.29, 0.717) is 32.4 Å².